The van der Waals surface area contributed by atoms with E-state index in [1.165, 1.54) is 16.7 Å². The second-order valence-electron chi connectivity index (χ2n) is 3.32. The molecular formula is C12H16. The summed E-state index contributed by atoms with van der Waals surface area (Å²) in [6, 6.07) is 6.70. The van der Waals surface area contributed by atoms with Gasteiger partial charge in [0.05, 0.1) is 0 Å². The van der Waals surface area contributed by atoms with Crippen LogP contribution in [-0.4, -0.2) is 0 Å². The van der Waals surface area contributed by atoms with Crippen LogP contribution in [0.25, 0.3) is 0 Å². The van der Waals surface area contributed by atoms with Gasteiger partial charge in [0.2, 0.25) is 0 Å². The summed E-state index contributed by atoms with van der Waals surface area (Å²) < 4.78 is 0. The molecule has 0 fully saturated rings. The molecule has 0 aromatic heterocycles. The molecular weight excluding hydrogens is 144 g/mol. The van der Waals surface area contributed by atoms with Crippen molar-refractivity contribution in [1.29, 1.82) is 0 Å². The van der Waals surface area contributed by atoms with E-state index < -0.39 is 0 Å². The summed E-state index contributed by atoms with van der Waals surface area (Å²) in [6.45, 7) is 8.01. The quantitative estimate of drug-likeness (QED) is 0.594. The van der Waals surface area contributed by atoms with Crippen molar-refractivity contribution in [2.24, 2.45) is 0 Å². The Balaban J connectivity index is 2.78. The number of rotatable bonds is 3. The summed E-state index contributed by atoms with van der Waals surface area (Å²) in [7, 11) is 0. The highest BCUT2D eigenvalue weighted by molar-refractivity contribution is 5.28. The highest BCUT2D eigenvalue weighted by atomic mass is 14.0. The smallest absolute Gasteiger partial charge is 0.0244 e. The first-order chi connectivity index (χ1) is 5.72. The van der Waals surface area contributed by atoms with Gasteiger partial charge < -0.3 is 0 Å². The molecule has 1 aromatic rings. The minimum absolute atomic E-state index is 1.07. The number of hydrogen-bond acceptors (Lipinski definition) is 0. The molecule has 0 heteroatoms. The molecule has 1 aromatic carbocycles. The summed E-state index contributed by atoms with van der Waals surface area (Å²) in [5, 5.41) is 0. The zero-order chi connectivity index (χ0) is 8.97. The molecule has 0 nitrogen and oxygen atoms in total. The van der Waals surface area contributed by atoms with Gasteiger partial charge in [0.15, 0.2) is 0 Å². The summed E-state index contributed by atoms with van der Waals surface area (Å²) in [6.07, 6.45) is 4.16. The third-order valence-electron chi connectivity index (χ3n) is 1.92. The molecule has 0 spiro atoms. The first kappa shape index (κ1) is 9.05. The first-order valence-electron chi connectivity index (χ1n) is 4.40. The van der Waals surface area contributed by atoms with Crippen molar-refractivity contribution in [3.63, 3.8) is 0 Å². The van der Waals surface area contributed by atoms with Gasteiger partial charge in [-0.2, -0.15) is 0 Å². The average molecular weight is 160 g/mol. The summed E-state index contributed by atoms with van der Waals surface area (Å²) in [5.74, 6) is 0. The molecule has 0 aliphatic rings. The molecule has 0 bridgehead atoms. The maximum absolute atomic E-state index is 3.72. The molecule has 12 heavy (non-hydrogen) atoms. The second kappa shape index (κ2) is 4.10. The van der Waals surface area contributed by atoms with Crippen molar-refractivity contribution >= 4 is 0 Å². The maximum Gasteiger partial charge on any atom is -0.0244 e. The number of hydrogen-bond donors (Lipinski definition) is 0. The molecule has 0 unspecified atom stereocenters. The van der Waals surface area contributed by atoms with Gasteiger partial charge in [-0.1, -0.05) is 35.4 Å². The largest absolute Gasteiger partial charge is 0.103 e. The minimum atomic E-state index is 1.07. The van der Waals surface area contributed by atoms with E-state index in [0.717, 1.165) is 12.8 Å². The molecule has 0 aliphatic carbocycles. The Morgan fingerprint density at radius 3 is 2.25 bits per heavy atom. The SMILES string of the molecule is C=CCCc1cc(C)cc(C)c1. The molecule has 64 valence electrons. The van der Waals surface area contributed by atoms with Crippen LogP contribution in [0.5, 0.6) is 0 Å². The van der Waals surface area contributed by atoms with Crippen LogP contribution in [0.4, 0.5) is 0 Å². The zero-order valence-electron chi connectivity index (χ0n) is 7.93. The van der Waals surface area contributed by atoms with E-state index in [1.807, 2.05) is 6.08 Å². The monoisotopic (exact) mass is 160 g/mol. The van der Waals surface area contributed by atoms with Crippen LogP contribution in [0.2, 0.25) is 0 Å². The van der Waals surface area contributed by atoms with Gasteiger partial charge in [-0.3, -0.25) is 0 Å². The van der Waals surface area contributed by atoms with Crippen LogP contribution >= 0.6 is 0 Å². The van der Waals surface area contributed by atoms with Gasteiger partial charge in [-0.25, -0.2) is 0 Å². The molecule has 0 radical (unpaired) electrons. The summed E-state index contributed by atoms with van der Waals surface area (Å²) in [4.78, 5) is 0. The number of benzene rings is 1. The van der Waals surface area contributed by atoms with Crippen molar-refractivity contribution in [1.82, 2.24) is 0 Å². The van der Waals surface area contributed by atoms with Crippen LogP contribution in [0.15, 0.2) is 30.9 Å². The third-order valence-corrected chi connectivity index (χ3v) is 1.92. The van der Waals surface area contributed by atoms with Crippen molar-refractivity contribution in [2.75, 3.05) is 0 Å². The summed E-state index contributed by atoms with van der Waals surface area (Å²) in [5.41, 5.74) is 4.13. The fourth-order valence-corrected chi connectivity index (χ4v) is 1.48. The molecule has 1 rings (SSSR count). The minimum Gasteiger partial charge on any atom is -0.103 e. The molecule has 0 heterocycles. The van der Waals surface area contributed by atoms with Crippen LogP contribution < -0.4 is 0 Å². The lowest BCUT2D eigenvalue weighted by Gasteiger charge is -2.02. The van der Waals surface area contributed by atoms with Gasteiger partial charge in [0.25, 0.3) is 0 Å². The second-order valence-corrected chi connectivity index (χ2v) is 3.32. The predicted molar refractivity (Wildman–Crippen MR) is 54.4 cm³/mol. The molecule has 0 saturated heterocycles. The average Bonchev–Trinajstić information content (AvgIpc) is 1.99. The Kier molecular flexibility index (Phi) is 3.09. The summed E-state index contributed by atoms with van der Waals surface area (Å²) >= 11 is 0. The van der Waals surface area contributed by atoms with Crippen LogP contribution in [0.1, 0.15) is 23.1 Å². The molecule has 0 aliphatic heterocycles. The lowest BCUT2D eigenvalue weighted by molar-refractivity contribution is 0.997. The Labute approximate surface area is 74.9 Å². The lowest BCUT2D eigenvalue weighted by Crippen LogP contribution is -1.86. The number of aryl methyl sites for hydroxylation is 3. The first-order valence-corrected chi connectivity index (χ1v) is 4.40. The van der Waals surface area contributed by atoms with Crippen molar-refractivity contribution in [3.8, 4) is 0 Å². The van der Waals surface area contributed by atoms with E-state index in [4.69, 9.17) is 0 Å². The third kappa shape index (κ3) is 2.54. The Hall–Kier alpha value is -1.04. The van der Waals surface area contributed by atoms with E-state index in [-0.39, 0.29) is 0 Å². The molecule has 0 saturated carbocycles. The van der Waals surface area contributed by atoms with Crippen molar-refractivity contribution in [3.05, 3.63) is 47.5 Å². The Morgan fingerprint density at radius 2 is 1.75 bits per heavy atom. The van der Waals surface area contributed by atoms with Crippen LogP contribution in [0.3, 0.4) is 0 Å². The highest BCUT2D eigenvalue weighted by Crippen LogP contribution is 2.10. The van der Waals surface area contributed by atoms with E-state index in [2.05, 4.69) is 38.6 Å². The van der Waals surface area contributed by atoms with Gasteiger partial charge in [0.1, 0.15) is 0 Å². The van der Waals surface area contributed by atoms with Gasteiger partial charge in [-0.05, 0) is 32.3 Å². The fraction of sp³-hybridized carbons (Fsp3) is 0.333. The van der Waals surface area contributed by atoms with Crippen LogP contribution in [0, 0.1) is 13.8 Å². The fourth-order valence-electron chi connectivity index (χ4n) is 1.48. The Bertz CT molecular complexity index is 251. The predicted octanol–water partition coefficient (Wildman–Crippen LogP) is 3.42. The van der Waals surface area contributed by atoms with E-state index in [0.29, 0.717) is 0 Å². The van der Waals surface area contributed by atoms with Gasteiger partial charge in [-0.15, -0.1) is 6.58 Å². The lowest BCUT2D eigenvalue weighted by atomic mass is 10.0. The van der Waals surface area contributed by atoms with Crippen LogP contribution in [-0.2, 0) is 6.42 Å². The maximum atomic E-state index is 3.72. The highest BCUT2D eigenvalue weighted by Gasteiger charge is 1.93. The van der Waals surface area contributed by atoms with E-state index in [1.54, 1.807) is 0 Å². The van der Waals surface area contributed by atoms with Crippen molar-refractivity contribution in [2.45, 2.75) is 26.7 Å². The zero-order valence-corrected chi connectivity index (χ0v) is 7.93. The van der Waals surface area contributed by atoms with E-state index in [9.17, 15) is 0 Å². The van der Waals surface area contributed by atoms with Crippen molar-refractivity contribution < 1.29 is 0 Å². The van der Waals surface area contributed by atoms with Gasteiger partial charge >= 0.3 is 0 Å². The van der Waals surface area contributed by atoms with Gasteiger partial charge in [0, 0.05) is 0 Å². The Morgan fingerprint density at radius 1 is 1.17 bits per heavy atom. The number of allylic oxidation sites excluding steroid dienone is 1. The molecule has 0 N–H and O–H groups in total. The topological polar surface area (TPSA) is 0 Å². The normalized spacial score (nSPS) is 9.83. The van der Waals surface area contributed by atoms with E-state index >= 15 is 0 Å². The molecule has 0 atom stereocenters. The molecule has 0 amide bonds. The standard InChI is InChI=1S/C12H16/c1-4-5-6-12-8-10(2)7-11(3)9-12/h4,7-9H,1,5-6H2,2-3H3.